The summed E-state index contributed by atoms with van der Waals surface area (Å²) in [5.74, 6) is 1.99. The minimum Gasteiger partial charge on any atom is -0.420 e. The van der Waals surface area contributed by atoms with Crippen LogP contribution < -0.4 is 0 Å². The van der Waals surface area contributed by atoms with Crippen molar-refractivity contribution in [2.75, 3.05) is 0 Å². The Bertz CT molecular complexity index is 757. The number of thiazole rings is 1. The summed E-state index contributed by atoms with van der Waals surface area (Å²) in [4.78, 5) is 4.51. The van der Waals surface area contributed by atoms with Gasteiger partial charge in [-0.1, -0.05) is 13.0 Å². The van der Waals surface area contributed by atoms with Crippen LogP contribution in [0, 0.1) is 5.82 Å². The Hall–Kier alpha value is -1.73. The van der Waals surface area contributed by atoms with Crippen molar-refractivity contribution < 1.29 is 8.81 Å². The summed E-state index contributed by atoms with van der Waals surface area (Å²) in [5.41, 5.74) is 1.67. The molecule has 2 aromatic heterocycles. The molecule has 0 fully saturated rings. The Morgan fingerprint density at radius 1 is 1.27 bits per heavy atom. The molecule has 0 aliphatic heterocycles. The lowest BCUT2D eigenvalue weighted by Gasteiger charge is -1.96. The third-order valence-electron chi connectivity index (χ3n) is 2.92. The zero-order valence-corrected chi connectivity index (χ0v) is 13.6. The van der Waals surface area contributed by atoms with Gasteiger partial charge in [-0.2, -0.15) is 0 Å². The van der Waals surface area contributed by atoms with Crippen LogP contribution in [0.15, 0.2) is 34.1 Å². The lowest BCUT2D eigenvalue weighted by atomic mass is 10.2. The molecule has 1 aromatic carbocycles. The predicted octanol–water partition coefficient (Wildman–Crippen LogP) is 4.33. The lowest BCUT2D eigenvalue weighted by molar-refractivity contribution is 0.527. The topological polar surface area (TPSA) is 51.8 Å². The Morgan fingerprint density at radius 2 is 2.18 bits per heavy atom. The van der Waals surface area contributed by atoms with Gasteiger partial charge in [-0.3, -0.25) is 0 Å². The van der Waals surface area contributed by atoms with Gasteiger partial charge in [-0.15, -0.1) is 33.3 Å². The first kappa shape index (κ1) is 15.2. The van der Waals surface area contributed by atoms with Gasteiger partial charge in [0.25, 0.3) is 0 Å². The average molecular weight is 335 g/mol. The zero-order chi connectivity index (χ0) is 15.4. The molecular formula is C15H14FN3OS2. The zero-order valence-electron chi connectivity index (χ0n) is 12.0. The van der Waals surface area contributed by atoms with E-state index in [9.17, 15) is 4.39 Å². The first-order valence-electron chi connectivity index (χ1n) is 6.84. The van der Waals surface area contributed by atoms with Crippen molar-refractivity contribution in [3.63, 3.8) is 0 Å². The fourth-order valence-corrected chi connectivity index (χ4v) is 3.47. The Labute approximate surface area is 135 Å². The number of hydrogen-bond acceptors (Lipinski definition) is 6. The highest BCUT2D eigenvalue weighted by atomic mass is 32.2. The molecule has 0 spiro atoms. The largest absolute Gasteiger partial charge is 0.420 e. The molecule has 0 aliphatic rings. The molecule has 4 nitrogen and oxygen atoms in total. The van der Waals surface area contributed by atoms with E-state index < -0.39 is 0 Å². The molecule has 114 valence electrons. The molecular weight excluding hydrogens is 321 g/mol. The number of nitrogens with zero attached hydrogens (tertiary/aromatic N) is 3. The molecule has 0 saturated heterocycles. The third kappa shape index (κ3) is 3.72. The van der Waals surface area contributed by atoms with E-state index in [0.717, 1.165) is 22.9 Å². The van der Waals surface area contributed by atoms with Crippen LogP contribution in [0.25, 0.3) is 11.5 Å². The normalized spacial score (nSPS) is 11.0. The maximum absolute atomic E-state index is 13.2. The van der Waals surface area contributed by atoms with Gasteiger partial charge in [0.05, 0.1) is 16.5 Å². The van der Waals surface area contributed by atoms with E-state index in [1.54, 1.807) is 35.2 Å². The Kier molecular flexibility index (Phi) is 4.84. The van der Waals surface area contributed by atoms with Crippen molar-refractivity contribution in [1.82, 2.24) is 15.2 Å². The highest BCUT2D eigenvalue weighted by molar-refractivity contribution is 7.97. The molecule has 22 heavy (non-hydrogen) atoms. The molecule has 0 N–H and O–H groups in total. The van der Waals surface area contributed by atoms with Gasteiger partial charge in [0.2, 0.25) is 11.8 Å². The standard InChI is InChI=1S/C15H14FN3OS2/c1-2-14-17-12(8-22-14)7-21-9-13-18-19-15(20-13)10-4-3-5-11(16)6-10/h3-6,8H,2,7,9H2,1H3. The summed E-state index contributed by atoms with van der Waals surface area (Å²) in [7, 11) is 0. The average Bonchev–Trinajstić information content (AvgIpc) is 3.16. The second-order valence-electron chi connectivity index (χ2n) is 4.59. The van der Waals surface area contributed by atoms with Crippen LogP contribution >= 0.6 is 23.1 Å². The SMILES string of the molecule is CCc1nc(CSCc2nnc(-c3cccc(F)c3)o2)cs1. The number of thioether (sulfide) groups is 1. The first-order valence-corrected chi connectivity index (χ1v) is 8.87. The molecule has 0 aliphatic carbocycles. The Morgan fingerprint density at radius 3 is 2.95 bits per heavy atom. The number of benzene rings is 1. The summed E-state index contributed by atoms with van der Waals surface area (Å²) in [5, 5.41) is 11.2. The molecule has 0 bridgehead atoms. The highest BCUT2D eigenvalue weighted by Crippen LogP contribution is 2.22. The van der Waals surface area contributed by atoms with E-state index in [4.69, 9.17) is 4.42 Å². The van der Waals surface area contributed by atoms with Gasteiger partial charge in [-0.05, 0) is 24.6 Å². The van der Waals surface area contributed by atoms with Gasteiger partial charge < -0.3 is 4.42 Å². The summed E-state index contributed by atoms with van der Waals surface area (Å²) >= 11 is 3.36. The molecule has 7 heteroatoms. The van der Waals surface area contributed by atoms with Crippen LogP contribution in [0.2, 0.25) is 0 Å². The van der Waals surface area contributed by atoms with Crippen LogP contribution in [0.3, 0.4) is 0 Å². The number of aryl methyl sites for hydroxylation is 1. The molecule has 0 atom stereocenters. The highest BCUT2D eigenvalue weighted by Gasteiger charge is 2.09. The minimum absolute atomic E-state index is 0.318. The molecule has 3 rings (SSSR count). The van der Waals surface area contributed by atoms with E-state index >= 15 is 0 Å². The molecule has 0 unspecified atom stereocenters. The van der Waals surface area contributed by atoms with Gasteiger partial charge in [0.15, 0.2) is 0 Å². The van der Waals surface area contributed by atoms with Crippen LogP contribution in [0.4, 0.5) is 4.39 Å². The monoisotopic (exact) mass is 335 g/mol. The van der Waals surface area contributed by atoms with Crippen LogP contribution in [0.1, 0.15) is 23.5 Å². The van der Waals surface area contributed by atoms with Crippen LogP contribution in [-0.4, -0.2) is 15.2 Å². The number of hydrogen-bond donors (Lipinski definition) is 0. The van der Waals surface area contributed by atoms with Crippen molar-refractivity contribution in [2.24, 2.45) is 0 Å². The summed E-state index contributed by atoms with van der Waals surface area (Å²) in [6, 6.07) is 6.13. The summed E-state index contributed by atoms with van der Waals surface area (Å²) in [6.45, 7) is 2.10. The maximum Gasteiger partial charge on any atom is 0.247 e. The van der Waals surface area contributed by atoms with Crippen molar-refractivity contribution in [3.05, 3.63) is 52.1 Å². The minimum atomic E-state index is -0.318. The predicted molar refractivity (Wildman–Crippen MR) is 86.2 cm³/mol. The van der Waals surface area contributed by atoms with E-state index in [0.29, 0.717) is 23.1 Å². The molecule has 0 amide bonds. The van der Waals surface area contributed by atoms with Crippen molar-refractivity contribution >= 4 is 23.1 Å². The quantitative estimate of drug-likeness (QED) is 0.671. The Balaban J connectivity index is 1.57. The first-order chi connectivity index (χ1) is 10.7. The van der Waals surface area contributed by atoms with E-state index in [2.05, 4.69) is 27.5 Å². The third-order valence-corrected chi connectivity index (χ3v) is 4.91. The van der Waals surface area contributed by atoms with E-state index in [-0.39, 0.29) is 5.82 Å². The lowest BCUT2D eigenvalue weighted by Crippen LogP contribution is -1.85. The van der Waals surface area contributed by atoms with E-state index in [1.807, 2.05) is 0 Å². The van der Waals surface area contributed by atoms with Crippen LogP contribution in [0.5, 0.6) is 0 Å². The van der Waals surface area contributed by atoms with Crippen molar-refractivity contribution in [3.8, 4) is 11.5 Å². The van der Waals surface area contributed by atoms with Gasteiger partial charge in [0, 0.05) is 16.7 Å². The van der Waals surface area contributed by atoms with Crippen LogP contribution in [-0.2, 0) is 17.9 Å². The second kappa shape index (κ2) is 7.02. The smallest absolute Gasteiger partial charge is 0.247 e. The second-order valence-corrected chi connectivity index (χ2v) is 6.52. The molecule has 3 aromatic rings. The molecule has 0 radical (unpaired) electrons. The number of halogens is 1. The molecule has 2 heterocycles. The maximum atomic E-state index is 13.2. The number of rotatable bonds is 6. The fourth-order valence-electron chi connectivity index (χ4n) is 1.87. The van der Waals surface area contributed by atoms with E-state index in [1.165, 1.54) is 12.1 Å². The molecule has 0 saturated carbocycles. The van der Waals surface area contributed by atoms with Crippen molar-refractivity contribution in [2.45, 2.75) is 24.9 Å². The van der Waals surface area contributed by atoms with Gasteiger partial charge >= 0.3 is 0 Å². The van der Waals surface area contributed by atoms with Gasteiger partial charge in [-0.25, -0.2) is 9.37 Å². The number of aromatic nitrogens is 3. The van der Waals surface area contributed by atoms with Crippen molar-refractivity contribution in [1.29, 1.82) is 0 Å². The fraction of sp³-hybridized carbons (Fsp3) is 0.267. The van der Waals surface area contributed by atoms with Gasteiger partial charge in [0.1, 0.15) is 5.82 Å². The summed E-state index contributed by atoms with van der Waals surface area (Å²) in [6.07, 6.45) is 0.968. The summed E-state index contributed by atoms with van der Waals surface area (Å²) < 4.78 is 18.7.